The first kappa shape index (κ1) is 26.9. The van der Waals surface area contributed by atoms with Gasteiger partial charge in [0.1, 0.15) is 19.3 Å². The molecule has 1 N–H and O–H groups in total. The van der Waals surface area contributed by atoms with E-state index in [-0.39, 0.29) is 25.2 Å². The van der Waals surface area contributed by atoms with Crippen molar-refractivity contribution in [1.82, 2.24) is 0 Å². The molecule has 1 atom stereocenters. The summed E-state index contributed by atoms with van der Waals surface area (Å²) < 4.78 is 10.1. The van der Waals surface area contributed by atoms with Crippen LogP contribution in [0.4, 0.5) is 0 Å². The summed E-state index contributed by atoms with van der Waals surface area (Å²) >= 11 is 0. The minimum absolute atomic E-state index is 0.111. The monoisotopic (exact) mass is 400 g/mol. The summed E-state index contributed by atoms with van der Waals surface area (Å²) in [7, 11) is 0. The number of carbonyl (C=O) groups is 2. The van der Waals surface area contributed by atoms with Crippen molar-refractivity contribution in [2.75, 3.05) is 13.2 Å². The Morgan fingerprint density at radius 3 is 1.29 bits per heavy atom. The zero-order valence-electron chi connectivity index (χ0n) is 18.4. The second-order valence-electron chi connectivity index (χ2n) is 7.76. The van der Waals surface area contributed by atoms with E-state index in [1.807, 2.05) is 0 Å². The average Bonchev–Trinajstić information content (AvgIpc) is 2.69. The molecule has 0 aromatic heterocycles. The summed E-state index contributed by atoms with van der Waals surface area (Å²) in [6.45, 7) is 4.17. The van der Waals surface area contributed by atoms with Crippen LogP contribution in [-0.2, 0) is 19.1 Å². The molecule has 5 heteroatoms. The lowest BCUT2D eigenvalue weighted by molar-refractivity contribution is -0.152. The van der Waals surface area contributed by atoms with Crippen molar-refractivity contribution >= 4 is 11.9 Å². The number of esters is 2. The van der Waals surface area contributed by atoms with E-state index in [9.17, 15) is 14.7 Å². The molecule has 0 heterocycles. The number of hydrogen-bond acceptors (Lipinski definition) is 5. The van der Waals surface area contributed by atoms with Gasteiger partial charge in [-0.15, -0.1) is 0 Å². The minimum Gasteiger partial charge on any atom is -0.463 e. The fraction of sp³-hybridized carbons (Fsp3) is 0.913. The van der Waals surface area contributed by atoms with Crippen LogP contribution in [-0.4, -0.2) is 36.4 Å². The van der Waals surface area contributed by atoms with Crippen molar-refractivity contribution in [2.24, 2.45) is 0 Å². The summed E-state index contributed by atoms with van der Waals surface area (Å²) in [6, 6.07) is 0. The van der Waals surface area contributed by atoms with Gasteiger partial charge in [0.2, 0.25) is 0 Å². The van der Waals surface area contributed by atoms with E-state index in [1.54, 1.807) is 0 Å². The number of carbonyl (C=O) groups excluding carboxylic acids is 2. The van der Waals surface area contributed by atoms with Gasteiger partial charge in [-0.05, 0) is 12.8 Å². The smallest absolute Gasteiger partial charge is 0.305 e. The Hall–Kier alpha value is -1.10. The number of aliphatic hydroxyl groups is 1. The number of rotatable bonds is 20. The van der Waals surface area contributed by atoms with Crippen molar-refractivity contribution in [2.45, 2.75) is 123 Å². The Labute approximate surface area is 172 Å². The van der Waals surface area contributed by atoms with Crippen LogP contribution in [0.15, 0.2) is 0 Å². The van der Waals surface area contributed by atoms with E-state index in [0.717, 1.165) is 38.5 Å². The third-order valence-electron chi connectivity index (χ3n) is 4.84. The predicted molar refractivity (Wildman–Crippen MR) is 113 cm³/mol. The van der Waals surface area contributed by atoms with E-state index in [0.29, 0.717) is 12.8 Å². The van der Waals surface area contributed by atoms with Gasteiger partial charge in [0.25, 0.3) is 0 Å². The summed E-state index contributed by atoms with van der Waals surface area (Å²) in [5.41, 5.74) is 0. The SMILES string of the molecule is CCCCCCCCCCC(=O)OCC(O)COC(=O)CCCCCCCC. The van der Waals surface area contributed by atoms with Crippen LogP contribution in [0.5, 0.6) is 0 Å². The maximum absolute atomic E-state index is 11.7. The zero-order chi connectivity index (χ0) is 20.9. The first-order chi connectivity index (χ1) is 13.6. The quantitative estimate of drug-likeness (QED) is 0.209. The van der Waals surface area contributed by atoms with Crippen molar-refractivity contribution in [3.63, 3.8) is 0 Å². The molecule has 0 radical (unpaired) electrons. The number of ether oxygens (including phenoxy) is 2. The summed E-state index contributed by atoms with van der Waals surface area (Å²) in [4.78, 5) is 23.3. The van der Waals surface area contributed by atoms with E-state index in [1.165, 1.54) is 51.4 Å². The second kappa shape index (κ2) is 20.6. The molecule has 5 nitrogen and oxygen atoms in total. The highest BCUT2D eigenvalue weighted by atomic mass is 16.6. The van der Waals surface area contributed by atoms with Crippen LogP contribution in [0, 0.1) is 0 Å². The van der Waals surface area contributed by atoms with Gasteiger partial charge in [0.05, 0.1) is 0 Å². The Balaban J connectivity index is 3.48. The van der Waals surface area contributed by atoms with Crippen molar-refractivity contribution in [1.29, 1.82) is 0 Å². The zero-order valence-corrected chi connectivity index (χ0v) is 18.4. The molecule has 28 heavy (non-hydrogen) atoms. The average molecular weight is 401 g/mol. The third kappa shape index (κ3) is 19.7. The maximum atomic E-state index is 11.7. The molecule has 0 aliphatic rings. The standard InChI is InChI=1S/C23H44O5/c1-3-5-7-9-11-12-14-16-18-23(26)28-20-21(24)19-27-22(25)17-15-13-10-8-6-4-2/h21,24H,3-20H2,1-2H3. The van der Waals surface area contributed by atoms with Crippen LogP contribution >= 0.6 is 0 Å². The number of aliphatic hydroxyl groups excluding tert-OH is 1. The maximum Gasteiger partial charge on any atom is 0.305 e. The van der Waals surface area contributed by atoms with Gasteiger partial charge in [-0.1, -0.05) is 90.9 Å². The number of unbranched alkanes of at least 4 members (excludes halogenated alkanes) is 12. The molecule has 0 aromatic rings. The summed E-state index contributed by atoms with van der Waals surface area (Å²) in [5.74, 6) is -0.580. The van der Waals surface area contributed by atoms with Gasteiger partial charge in [-0.25, -0.2) is 0 Å². The van der Waals surface area contributed by atoms with E-state index < -0.39 is 6.10 Å². The predicted octanol–water partition coefficient (Wildman–Crippen LogP) is 5.72. The molecule has 0 spiro atoms. The minimum atomic E-state index is -0.948. The Bertz CT molecular complexity index is 370. The van der Waals surface area contributed by atoms with Gasteiger partial charge < -0.3 is 14.6 Å². The molecule has 0 amide bonds. The lowest BCUT2D eigenvalue weighted by Gasteiger charge is -2.12. The first-order valence-electron chi connectivity index (χ1n) is 11.6. The van der Waals surface area contributed by atoms with Gasteiger partial charge in [-0.3, -0.25) is 9.59 Å². The van der Waals surface area contributed by atoms with Crippen LogP contribution in [0.1, 0.15) is 117 Å². The molecule has 0 aromatic carbocycles. The highest BCUT2D eigenvalue weighted by Crippen LogP contribution is 2.10. The van der Waals surface area contributed by atoms with Crippen molar-refractivity contribution in [3.05, 3.63) is 0 Å². The molecule has 0 saturated carbocycles. The van der Waals surface area contributed by atoms with Crippen molar-refractivity contribution in [3.8, 4) is 0 Å². The first-order valence-corrected chi connectivity index (χ1v) is 11.6. The second-order valence-corrected chi connectivity index (χ2v) is 7.76. The van der Waals surface area contributed by atoms with Crippen LogP contribution in [0.3, 0.4) is 0 Å². The Morgan fingerprint density at radius 2 is 0.929 bits per heavy atom. The Morgan fingerprint density at radius 1 is 0.607 bits per heavy atom. The molecule has 166 valence electrons. The Kier molecular flexibility index (Phi) is 19.8. The molecule has 0 aliphatic heterocycles. The fourth-order valence-electron chi connectivity index (χ4n) is 3.02. The number of hydrogen-bond donors (Lipinski definition) is 1. The largest absolute Gasteiger partial charge is 0.463 e. The molecule has 1 unspecified atom stereocenters. The van der Waals surface area contributed by atoms with Crippen LogP contribution in [0.2, 0.25) is 0 Å². The van der Waals surface area contributed by atoms with Gasteiger partial charge >= 0.3 is 11.9 Å². The highest BCUT2D eigenvalue weighted by Gasteiger charge is 2.12. The summed E-state index contributed by atoms with van der Waals surface area (Å²) in [5, 5.41) is 9.77. The lowest BCUT2D eigenvalue weighted by Crippen LogP contribution is -2.25. The van der Waals surface area contributed by atoms with Gasteiger partial charge in [0.15, 0.2) is 0 Å². The summed E-state index contributed by atoms with van der Waals surface area (Å²) in [6.07, 6.45) is 15.9. The fourth-order valence-corrected chi connectivity index (χ4v) is 3.02. The lowest BCUT2D eigenvalue weighted by atomic mass is 10.1. The third-order valence-corrected chi connectivity index (χ3v) is 4.84. The van der Waals surface area contributed by atoms with E-state index in [2.05, 4.69) is 13.8 Å². The topological polar surface area (TPSA) is 72.8 Å². The normalized spacial score (nSPS) is 12.0. The molecule has 0 fully saturated rings. The van der Waals surface area contributed by atoms with E-state index >= 15 is 0 Å². The van der Waals surface area contributed by atoms with Crippen LogP contribution < -0.4 is 0 Å². The van der Waals surface area contributed by atoms with Crippen molar-refractivity contribution < 1.29 is 24.2 Å². The molecule has 0 bridgehead atoms. The van der Waals surface area contributed by atoms with E-state index in [4.69, 9.17) is 9.47 Å². The van der Waals surface area contributed by atoms with Gasteiger partial charge in [-0.2, -0.15) is 0 Å². The van der Waals surface area contributed by atoms with Crippen LogP contribution in [0.25, 0.3) is 0 Å². The molecule has 0 saturated heterocycles. The van der Waals surface area contributed by atoms with Gasteiger partial charge in [0, 0.05) is 12.8 Å². The molecule has 0 rings (SSSR count). The highest BCUT2D eigenvalue weighted by molar-refractivity contribution is 5.69. The molecular formula is C23H44O5. The molecule has 0 aliphatic carbocycles. The molecular weight excluding hydrogens is 356 g/mol.